The molecule has 24 heavy (non-hydrogen) atoms. The minimum Gasteiger partial charge on any atom is -0.339 e. The zero-order chi connectivity index (χ0) is 17.5. The van der Waals surface area contributed by atoms with Gasteiger partial charge in [0.25, 0.3) is 0 Å². The van der Waals surface area contributed by atoms with Gasteiger partial charge < -0.3 is 10.2 Å². The van der Waals surface area contributed by atoms with Crippen molar-refractivity contribution in [3.63, 3.8) is 0 Å². The molecule has 4 nitrogen and oxygen atoms in total. The van der Waals surface area contributed by atoms with Crippen LogP contribution in [0.1, 0.15) is 51.9 Å². The number of hydrogen-bond donors (Lipinski definition) is 1. The van der Waals surface area contributed by atoms with Gasteiger partial charge in [0.15, 0.2) is 11.6 Å². The molecule has 0 spiro atoms. The van der Waals surface area contributed by atoms with Crippen molar-refractivity contribution in [3.05, 3.63) is 29.8 Å². The van der Waals surface area contributed by atoms with Crippen LogP contribution in [0.3, 0.4) is 0 Å². The van der Waals surface area contributed by atoms with Crippen molar-refractivity contribution in [1.29, 1.82) is 0 Å². The normalized spacial score (nSPS) is 15.6. The highest BCUT2D eigenvalue weighted by molar-refractivity contribution is 5.91. The third-order valence-electron chi connectivity index (χ3n) is 4.45. The van der Waals surface area contributed by atoms with Gasteiger partial charge in [0.2, 0.25) is 11.8 Å². The molecule has 1 N–H and O–H groups in total. The van der Waals surface area contributed by atoms with Crippen molar-refractivity contribution < 1.29 is 18.4 Å². The van der Waals surface area contributed by atoms with Crippen LogP contribution in [0.15, 0.2) is 18.2 Å². The van der Waals surface area contributed by atoms with Crippen LogP contribution in [-0.4, -0.2) is 29.3 Å². The number of nitrogens with one attached hydrogen (secondary N) is 1. The van der Waals surface area contributed by atoms with Gasteiger partial charge in [-0.05, 0) is 25.0 Å². The quantitative estimate of drug-likeness (QED) is 0.829. The number of benzene rings is 1. The molecule has 0 heterocycles. The molecule has 1 fully saturated rings. The van der Waals surface area contributed by atoms with Crippen molar-refractivity contribution in [2.75, 3.05) is 11.9 Å². The molecule has 0 radical (unpaired) electrons. The molecule has 1 aromatic carbocycles. The Morgan fingerprint density at radius 3 is 2.38 bits per heavy atom. The molecule has 1 aliphatic carbocycles. The number of anilines is 1. The van der Waals surface area contributed by atoms with Gasteiger partial charge in [-0.1, -0.05) is 25.7 Å². The van der Waals surface area contributed by atoms with E-state index in [9.17, 15) is 18.4 Å². The first-order valence-corrected chi connectivity index (χ1v) is 8.49. The zero-order valence-corrected chi connectivity index (χ0v) is 14.0. The van der Waals surface area contributed by atoms with E-state index in [0.29, 0.717) is 6.54 Å². The molecule has 1 saturated carbocycles. The Morgan fingerprint density at radius 1 is 1.12 bits per heavy atom. The minimum atomic E-state index is -1.00. The van der Waals surface area contributed by atoms with Gasteiger partial charge in [0.05, 0.1) is 0 Å². The lowest BCUT2D eigenvalue weighted by Crippen LogP contribution is -2.40. The standard InChI is InChI=1S/C18H24F2N2O2/c1-13(23)22(15-6-4-2-3-5-7-15)11-10-18(24)21-14-8-9-16(19)17(20)12-14/h8-9,12,15H,2-7,10-11H2,1H3,(H,21,24). The third kappa shape index (κ3) is 5.28. The highest BCUT2D eigenvalue weighted by Gasteiger charge is 2.22. The summed E-state index contributed by atoms with van der Waals surface area (Å²) in [6.45, 7) is 1.87. The Labute approximate surface area is 141 Å². The van der Waals surface area contributed by atoms with Crippen molar-refractivity contribution in [2.24, 2.45) is 0 Å². The predicted octanol–water partition coefficient (Wildman–Crippen LogP) is 3.86. The van der Waals surface area contributed by atoms with Gasteiger partial charge in [-0.15, -0.1) is 0 Å². The molecule has 2 rings (SSSR count). The molecular weight excluding hydrogens is 314 g/mol. The van der Waals surface area contributed by atoms with E-state index in [1.54, 1.807) is 4.90 Å². The van der Waals surface area contributed by atoms with Crippen molar-refractivity contribution >= 4 is 17.5 Å². The number of halogens is 2. The predicted molar refractivity (Wildman–Crippen MR) is 88.5 cm³/mol. The van der Waals surface area contributed by atoms with Gasteiger partial charge in [0.1, 0.15) is 0 Å². The maximum Gasteiger partial charge on any atom is 0.226 e. The molecule has 132 valence electrons. The average molecular weight is 338 g/mol. The van der Waals surface area contributed by atoms with E-state index in [1.165, 1.54) is 25.8 Å². The summed E-state index contributed by atoms with van der Waals surface area (Å²) in [4.78, 5) is 25.7. The number of amides is 2. The zero-order valence-electron chi connectivity index (χ0n) is 14.0. The maximum absolute atomic E-state index is 13.2. The first-order valence-electron chi connectivity index (χ1n) is 8.49. The molecule has 0 bridgehead atoms. The fourth-order valence-corrected chi connectivity index (χ4v) is 3.19. The van der Waals surface area contributed by atoms with Crippen LogP contribution in [0.2, 0.25) is 0 Å². The van der Waals surface area contributed by atoms with Gasteiger partial charge in [-0.25, -0.2) is 8.78 Å². The van der Waals surface area contributed by atoms with Crippen LogP contribution >= 0.6 is 0 Å². The second-order valence-corrected chi connectivity index (χ2v) is 6.28. The van der Waals surface area contributed by atoms with Gasteiger partial charge in [-0.3, -0.25) is 9.59 Å². The molecule has 1 aromatic rings. The van der Waals surface area contributed by atoms with E-state index in [2.05, 4.69) is 5.32 Å². The lowest BCUT2D eigenvalue weighted by molar-refractivity contribution is -0.131. The Kier molecular flexibility index (Phi) is 6.70. The smallest absolute Gasteiger partial charge is 0.226 e. The lowest BCUT2D eigenvalue weighted by atomic mass is 10.1. The van der Waals surface area contributed by atoms with Crippen LogP contribution in [0, 0.1) is 11.6 Å². The molecule has 0 aromatic heterocycles. The number of rotatable bonds is 5. The Morgan fingerprint density at radius 2 is 1.79 bits per heavy atom. The Hall–Kier alpha value is -1.98. The lowest BCUT2D eigenvalue weighted by Gasteiger charge is -2.30. The molecule has 6 heteroatoms. The Balaban J connectivity index is 1.89. The van der Waals surface area contributed by atoms with Crippen molar-refractivity contribution in [1.82, 2.24) is 4.90 Å². The average Bonchev–Trinajstić information content (AvgIpc) is 2.80. The van der Waals surface area contributed by atoms with Crippen molar-refractivity contribution in [3.8, 4) is 0 Å². The number of carbonyl (C=O) groups excluding carboxylic acids is 2. The molecule has 0 unspecified atom stereocenters. The molecular formula is C18H24F2N2O2. The summed E-state index contributed by atoms with van der Waals surface area (Å²) in [5.41, 5.74) is 0.211. The first kappa shape index (κ1) is 18.4. The molecule has 0 saturated heterocycles. The van der Waals surface area contributed by atoms with E-state index in [0.717, 1.165) is 37.8 Å². The first-order chi connectivity index (χ1) is 11.5. The van der Waals surface area contributed by atoms with Crippen LogP contribution < -0.4 is 5.32 Å². The van der Waals surface area contributed by atoms with Crippen LogP contribution in [0.5, 0.6) is 0 Å². The SMILES string of the molecule is CC(=O)N(CCC(=O)Nc1ccc(F)c(F)c1)C1CCCCCC1. The van der Waals surface area contributed by atoms with Crippen LogP contribution in [-0.2, 0) is 9.59 Å². The summed E-state index contributed by atoms with van der Waals surface area (Å²) < 4.78 is 26.0. The number of carbonyl (C=O) groups is 2. The fourth-order valence-electron chi connectivity index (χ4n) is 3.19. The second-order valence-electron chi connectivity index (χ2n) is 6.28. The highest BCUT2D eigenvalue weighted by atomic mass is 19.2. The van der Waals surface area contributed by atoms with E-state index >= 15 is 0 Å². The molecule has 0 atom stereocenters. The van der Waals surface area contributed by atoms with E-state index in [-0.39, 0.29) is 30.0 Å². The van der Waals surface area contributed by atoms with E-state index < -0.39 is 11.6 Å². The van der Waals surface area contributed by atoms with Crippen LogP contribution in [0.4, 0.5) is 14.5 Å². The van der Waals surface area contributed by atoms with E-state index in [4.69, 9.17) is 0 Å². The summed E-state index contributed by atoms with van der Waals surface area (Å²) in [6, 6.07) is 3.42. The fraction of sp³-hybridized carbons (Fsp3) is 0.556. The molecule has 1 aliphatic rings. The number of hydrogen-bond acceptors (Lipinski definition) is 2. The highest BCUT2D eigenvalue weighted by Crippen LogP contribution is 2.22. The third-order valence-corrected chi connectivity index (χ3v) is 4.45. The summed E-state index contributed by atoms with van der Waals surface area (Å²) in [5.74, 6) is -2.30. The summed E-state index contributed by atoms with van der Waals surface area (Å²) >= 11 is 0. The largest absolute Gasteiger partial charge is 0.339 e. The topological polar surface area (TPSA) is 49.4 Å². The second kappa shape index (κ2) is 8.76. The minimum absolute atomic E-state index is 0.0254. The maximum atomic E-state index is 13.2. The summed E-state index contributed by atoms with van der Waals surface area (Å²) in [5, 5.41) is 2.54. The van der Waals surface area contributed by atoms with Gasteiger partial charge in [0, 0.05) is 37.7 Å². The monoisotopic (exact) mass is 338 g/mol. The van der Waals surface area contributed by atoms with Gasteiger partial charge in [-0.2, -0.15) is 0 Å². The van der Waals surface area contributed by atoms with Crippen molar-refractivity contribution in [2.45, 2.75) is 57.9 Å². The van der Waals surface area contributed by atoms with Gasteiger partial charge >= 0.3 is 0 Å². The Bertz CT molecular complexity index is 584. The summed E-state index contributed by atoms with van der Waals surface area (Å²) in [7, 11) is 0. The van der Waals surface area contributed by atoms with Crippen LogP contribution in [0.25, 0.3) is 0 Å². The molecule has 2 amide bonds. The number of nitrogens with zero attached hydrogens (tertiary/aromatic N) is 1. The summed E-state index contributed by atoms with van der Waals surface area (Å²) in [6.07, 6.45) is 6.69. The van der Waals surface area contributed by atoms with E-state index in [1.807, 2.05) is 0 Å². The molecule has 0 aliphatic heterocycles.